The van der Waals surface area contributed by atoms with Gasteiger partial charge in [0.15, 0.2) is 5.79 Å². The lowest BCUT2D eigenvalue weighted by molar-refractivity contribution is -0.145. The zero-order chi connectivity index (χ0) is 26.2. The van der Waals surface area contributed by atoms with E-state index in [-0.39, 0.29) is 17.7 Å². The average Bonchev–Trinajstić information content (AvgIpc) is 3.60. The van der Waals surface area contributed by atoms with Crippen LogP contribution in [0, 0.1) is 0 Å². The van der Waals surface area contributed by atoms with Gasteiger partial charge in [0.1, 0.15) is 11.4 Å². The topological polar surface area (TPSA) is 76.7 Å². The van der Waals surface area contributed by atoms with Crippen molar-refractivity contribution in [3.8, 4) is 22.4 Å². The standard InChI is InChI=1S/C27H26BrF2N3O4/c1-25(2,3)37-24(34)33-14-26(35-8-9-36-26)12-22(33)23-31-13-21(32-23)15-4-6-17-18-7-5-16(28)11-20(18)27(29,30)19(17)10-15/h4-7,10-11,13,22H,8-9,12,14H2,1-3H3,(H,31,32)/t22-/m0/s1. The summed E-state index contributed by atoms with van der Waals surface area (Å²) >= 11 is 3.30. The molecule has 3 aromatic rings. The van der Waals surface area contributed by atoms with Gasteiger partial charge in [-0.05, 0) is 50.1 Å². The summed E-state index contributed by atoms with van der Waals surface area (Å²) in [5, 5.41) is 0. The fourth-order valence-corrected chi connectivity index (χ4v) is 5.68. The summed E-state index contributed by atoms with van der Waals surface area (Å²) in [6.07, 6.45) is 1.49. The molecule has 2 aliphatic heterocycles. The third-order valence-electron chi connectivity index (χ3n) is 6.92. The molecule has 3 aliphatic rings. The molecule has 1 spiro atoms. The molecule has 1 amide bonds. The minimum Gasteiger partial charge on any atom is -0.444 e. The highest BCUT2D eigenvalue weighted by molar-refractivity contribution is 9.10. The van der Waals surface area contributed by atoms with Gasteiger partial charge in [0.05, 0.1) is 37.7 Å². The summed E-state index contributed by atoms with van der Waals surface area (Å²) in [7, 11) is 0. The van der Waals surface area contributed by atoms with E-state index in [1.54, 1.807) is 56.1 Å². The number of amides is 1. The summed E-state index contributed by atoms with van der Waals surface area (Å²) in [5.41, 5.74) is 1.46. The molecule has 0 bridgehead atoms. The third-order valence-corrected chi connectivity index (χ3v) is 7.42. The van der Waals surface area contributed by atoms with Crippen molar-refractivity contribution >= 4 is 22.0 Å². The number of benzene rings is 2. The highest BCUT2D eigenvalue weighted by atomic mass is 79.9. The van der Waals surface area contributed by atoms with Crippen molar-refractivity contribution < 1.29 is 27.8 Å². The predicted molar refractivity (Wildman–Crippen MR) is 135 cm³/mol. The predicted octanol–water partition coefficient (Wildman–Crippen LogP) is 6.38. The first-order valence-corrected chi connectivity index (χ1v) is 12.9. The number of aromatic amines is 1. The van der Waals surface area contributed by atoms with Crippen LogP contribution in [0.2, 0.25) is 0 Å². The highest BCUT2D eigenvalue weighted by Gasteiger charge is 2.52. The Kier molecular flexibility index (Phi) is 5.53. The minimum atomic E-state index is -3.12. The maximum Gasteiger partial charge on any atom is 0.411 e. The first kappa shape index (κ1) is 24.5. The number of aromatic nitrogens is 2. The monoisotopic (exact) mass is 573 g/mol. The highest BCUT2D eigenvalue weighted by Crippen LogP contribution is 2.52. The quantitative estimate of drug-likeness (QED) is 0.384. The molecule has 2 saturated heterocycles. The van der Waals surface area contributed by atoms with Gasteiger partial charge in [-0.15, -0.1) is 0 Å². The molecule has 1 aromatic heterocycles. The van der Waals surface area contributed by atoms with E-state index in [0.29, 0.717) is 52.3 Å². The Hall–Kier alpha value is -2.82. The van der Waals surface area contributed by atoms with Crippen LogP contribution in [-0.4, -0.2) is 52.1 Å². The van der Waals surface area contributed by atoms with Crippen LogP contribution in [0.25, 0.3) is 22.4 Å². The molecule has 2 aromatic carbocycles. The zero-order valence-corrected chi connectivity index (χ0v) is 22.2. The summed E-state index contributed by atoms with van der Waals surface area (Å²) in [4.78, 5) is 22.4. The molecule has 2 fully saturated rings. The van der Waals surface area contributed by atoms with Gasteiger partial charge in [0.25, 0.3) is 5.92 Å². The Morgan fingerprint density at radius 2 is 1.81 bits per heavy atom. The molecule has 3 heterocycles. The number of likely N-dealkylation sites (tertiary alicyclic amines) is 1. The smallest absolute Gasteiger partial charge is 0.411 e. The van der Waals surface area contributed by atoms with Crippen LogP contribution in [0.1, 0.15) is 50.2 Å². The number of rotatable bonds is 2. The number of carbonyl (C=O) groups is 1. The van der Waals surface area contributed by atoms with Gasteiger partial charge < -0.3 is 19.2 Å². The van der Waals surface area contributed by atoms with Crippen molar-refractivity contribution in [3.63, 3.8) is 0 Å². The van der Waals surface area contributed by atoms with Gasteiger partial charge in [-0.2, -0.15) is 8.78 Å². The van der Waals surface area contributed by atoms with Gasteiger partial charge in [0.2, 0.25) is 0 Å². The van der Waals surface area contributed by atoms with Crippen molar-refractivity contribution in [1.29, 1.82) is 0 Å². The molecule has 10 heteroatoms. The first-order valence-electron chi connectivity index (χ1n) is 12.1. The molecule has 1 N–H and O–H groups in total. The van der Waals surface area contributed by atoms with Crippen LogP contribution < -0.4 is 0 Å². The molecule has 194 valence electrons. The fraction of sp³-hybridized carbons (Fsp3) is 0.407. The molecule has 0 unspecified atom stereocenters. The molecular formula is C27H26BrF2N3O4. The summed E-state index contributed by atoms with van der Waals surface area (Å²) in [5.74, 6) is -3.52. The zero-order valence-electron chi connectivity index (χ0n) is 20.6. The molecule has 0 saturated carbocycles. The lowest BCUT2D eigenvalue weighted by Gasteiger charge is -2.27. The van der Waals surface area contributed by atoms with E-state index >= 15 is 8.78 Å². The number of nitrogens with one attached hydrogen (secondary N) is 1. The van der Waals surface area contributed by atoms with Crippen molar-refractivity contribution in [1.82, 2.24) is 14.9 Å². The van der Waals surface area contributed by atoms with Crippen molar-refractivity contribution in [2.75, 3.05) is 19.8 Å². The number of hydrogen-bond acceptors (Lipinski definition) is 5. The summed E-state index contributed by atoms with van der Waals surface area (Å²) in [6, 6.07) is 9.48. The number of alkyl halides is 2. The van der Waals surface area contributed by atoms with Crippen LogP contribution in [0.3, 0.4) is 0 Å². The van der Waals surface area contributed by atoms with Crippen LogP contribution in [-0.2, 0) is 20.1 Å². The van der Waals surface area contributed by atoms with E-state index in [2.05, 4.69) is 25.9 Å². The molecule has 37 heavy (non-hydrogen) atoms. The maximum absolute atomic E-state index is 15.4. The molecule has 7 nitrogen and oxygen atoms in total. The number of imidazole rings is 1. The number of nitrogens with zero attached hydrogens (tertiary/aromatic N) is 2. The van der Waals surface area contributed by atoms with Crippen LogP contribution in [0.15, 0.2) is 47.1 Å². The van der Waals surface area contributed by atoms with Crippen LogP contribution >= 0.6 is 15.9 Å². The van der Waals surface area contributed by atoms with Crippen LogP contribution in [0.5, 0.6) is 0 Å². The van der Waals surface area contributed by atoms with Gasteiger partial charge in [-0.25, -0.2) is 9.78 Å². The fourth-order valence-electron chi connectivity index (χ4n) is 5.32. The number of ether oxygens (including phenoxy) is 3. The lowest BCUT2D eigenvalue weighted by atomic mass is 10.0. The van der Waals surface area contributed by atoms with E-state index in [1.165, 1.54) is 12.1 Å². The first-order chi connectivity index (χ1) is 17.5. The lowest BCUT2D eigenvalue weighted by Crippen LogP contribution is -2.40. The number of halogens is 3. The van der Waals surface area contributed by atoms with Crippen LogP contribution in [0.4, 0.5) is 13.6 Å². The van der Waals surface area contributed by atoms with Crippen molar-refractivity contribution in [2.24, 2.45) is 0 Å². The molecule has 1 atom stereocenters. The molecule has 1 aliphatic carbocycles. The van der Waals surface area contributed by atoms with E-state index < -0.39 is 29.4 Å². The maximum atomic E-state index is 15.4. The largest absolute Gasteiger partial charge is 0.444 e. The van der Waals surface area contributed by atoms with Gasteiger partial charge in [0, 0.05) is 27.6 Å². The van der Waals surface area contributed by atoms with Crippen molar-refractivity contribution in [2.45, 2.75) is 50.5 Å². The Labute approximate surface area is 221 Å². The third kappa shape index (κ3) is 4.15. The van der Waals surface area contributed by atoms with E-state index in [1.807, 2.05) is 0 Å². The SMILES string of the molecule is CC(C)(C)OC(=O)N1CC2(C[C@H]1c1ncc(-c3ccc4c(c3)C(F)(F)c3cc(Br)ccc3-4)[nH]1)OCCO2. The number of carbonyl (C=O) groups excluding carboxylic acids is 1. The Morgan fingerprint density at radius 3 is 2.51 bits per heavy atom. The number of H-pyrrole nitrogens is 1. The average molecular weight is 574 g/mol. The Balaban J connectivity index is 1.33. The van der Waals surface area contributed by atoms with Gasteiger partial charge in [-0.3, -0.25) is 4.90 Å². The number of hydrogen-bond donors (Lipinski definition) is 1. The van der Waals surface area contributed by atoms with E-state index in [9.17, 15) is 4.79 Å². The Bertz CT molecular complexity index is 1390. The number of fused-ring (bicyclic) bond motifs is 3. The minimum absolute atomic E-state index is 0.0138. The van der Waals surface area contributed by atoms with Gasteiger partial charge >= 0.3 is 6.09 Å². The van der Waals surface area contributed by atoms with E-state index in [0.717, 1.165) is 0 Å². The van der Waals surface area contributed by atoms with E-state index in [4.69, 9.17) is 14.2 Å². The molecule has 0 radical (unpaired) electrons. The molecular weight excluding hydrogens is 548 g/mol. The normalized spacial score (nSPS) is 21.4. The summed E-state index contributed by atoms with van der Waals surface area (Å²) in [6.45, 7) is 6.52. The second-order valence-electron chi connectivity index (χ2n) is 10.6. The van der Waals surface area contributed by atoms with Crippen molar-refractivity contribution in [3.05, 3.63) is 64.0 Å². The second kappa shape index (κ2) is 8.34. The summed E-state index contributed by atoms with van der Waals surface area (Å²) < 4.78 is 48.7. The van der Waals surface area contributed by atoms with Gasteiger partial charge in [-0.1, -0.05) is 34.1 Å². The molecule has 6 rings (SSSR count). The Morgan fingerprint density at radius 1 is 1.14 bits per heavy atom. The second-order valence-corrected chi connectivity index (χ2v) is 11.6.